The number of likely N-dealkylation sites (tertiary alicyclic amines) is 1. The molecule has 0 aromatic carbocycles. The molecule has 2 aromatic heterocycles. The zero-order valence-electron chi connectivity index (χ0n) is 17.0. The standard InChI is InChI=1S/C22H32N4O/c1-16(2)14-25-11-8-19(9-12-25)24-22(27)21-13-17(3)26(18(21)4)15-20-7-5-6-10-23-20/h5-7,10,13,16,19H,8-9,11-12,14-15H2,1-4H3,(H,24,27). The van der Waals surface area contributed by atoms with Gasteiger partial charge in [-0.15, -0.1) is 0 Å². The van der Waals surface area contributed by atoms with E-state index < -0.39 is 0 Å². The Morgan fingerprint density at radius 3 is 2.63 bits per heavy atom. The summed E-state index contributed by atoms with van der Waals surface area (Å²) in [5.41, 5.74) is 3.89. The molecule has 3 heterocycles. The molecule has 1 saturated heterocycles. The maximum atomic E-state index is 12.9. The second-order valence-corrected chi connectivity index (χ2v) is 8.13. The first kappa shape index (κ1) is 19.6. The van der Waals surface area contributed by atoms with Crippen LogP contribution in [0.1, 0.15) is 54.1 Å². The number of hydrogen-bond acceptors (Lipinski definition) is 3. The van der Waals surface area contributed by atoms with Crippen molar-refractivity contribution in [3.63, 3.8) is 0 Å². The van der Waals surface area contributed by atoms with Crippen molar-refractivity contribution in [2.45, 2.75) is 53.1 Å². The van der Waals surface area contributed by atoms with Crippen LogP contribution >= 0.6 is 0 Å². The van der Waals surface area contributed by atoms with Crippen LogP contribution in [0.15, 0.2) is 30.5 Å². The molecular formula is C22H32N4O. The smallest absolute Gasteiger partial charge is 0.253 e. The Bertz CT molecular complexity index is 758. The van der Waals surface area contributed by atoms with Crippen LogP contribution in [0.3, 0.4) is 0 Å². The Labute approximate surface area is 162 Å². The van der Waals surface area contributed by atoms with Gasteiger partial charge in [-0.3, -0.25) is 9.78 Å². The van der Waals surface area contributed by atoms with Gasteiger partial charge in [0.1, 0.15) is 0 Å². The minimum Gasteiger partial charge on any atom is -0.349 e. The molecule has 1 aliphatic rings. The molecule has 5 nitrogen and oxygen atoms in total. The van der Waals surface area contributed by atoms with E-state index in [0.29, 0.717) is 12.5 Å². The molecule has 0 unspecified atom stereocenters. The molecule has 1 aliphatic heterocycles. The quantitative estimate of drug-likeness (QED) is 0.850. The first-order chi connectivity index (χ1) is 12.9. The van der Waals surface area contributed by atoms with E-state index in [1.807, 2.05) is 37.4 Å². The topological polar surface area (TPSA) is 50.2 Å². The molecule has 0 bridgehead atoms. The van der Waals surface area contributed by atoms with E-state index in [-0.39, 0.29) is 11.9 Å². The van der Waals surface area contributed by atoms with Gasteiger partial charge in [0.25, 0.3) is 5.91 Å². The predicted molar refractivity (Wildman–Crippen MR) is 109 cm³/mol. The summed E-state index contributed by atoms with van der Waals surface area (Å²) in [6, 6.07) is 8.21. The zero-order valence-corrected chi connectivity index (χ0v) is 17.0. The fourth-order valence-electron chi connectivity index (χ4n) is 3.97. The lowest BCUT2D eigenvalue weighted by Crippen LogP contribution is -2.45. The van der Waals surface area contributed by atoms with Gasteiger partial charge in [-0.2, -0.15) is 0 Å². The average molecular weight is 369 g/mol. The summed E-state index contributed by atoms with van der Waals surface area (Å²) in [4.78, 5) is 19.8. The number of aryl methyl sites for hydroxylation is 1. The maximum Gasteiger partial charge on any atom is 0.253 e. The number of rotatable bonds is 6. The van der Waals surface area contributed by atoms with Crippen LogP contribution in [0.5, 0.6) is 0 Å². The van der Waals surface area contributed by atoms with Crippen LogP contribution in [0.4, 0.5) is 0 Å². The van der Waals surface area contributed by atoms with E-state index >= 15 is 0 Å². The minimum atomic E-state index is 0.0534. The Morgan fingerprint density at radius 1 is 1.26 bits per heavy atom. The van der Waals surface area contributed by atoms with E-state index in [1.54, 1.807) is 0 Å². The first-order valence-electron chi connectivity index (χ1n) is 10.0. The van der Waals surface area contributed by atoms with Crippen molar-refractivity contribution in [1.29, 1.82) is 0 Å². The highest BCUT2D eigenvalue weighted by Gasteiger charge is 2.23. The summed E-state index contributed by atoms with van der Waals surface area (Å²) in [6.45, 7) is 12.6. The molecular weight excluding hydrogens is 336 g/mol. The lowest BCUT2D eigenvalue weighted by Gasteiger charge is -2.33. The van der Waals surface area contributed by atoms with E-state index in [9.17, 15) is 4.79 Å². The van der Waals surface area contributed by atoms with Gasteiger partial charge in [0.05, 0.1) is 17.8 Å². The molecule has 146 valence electrons. The van der Waals surface area contributed by atoms with Crippen molar-refractivity contribution >= 4 is 5.91 Å². The zero-order chi connectivity index (χ0) is 19.4. The van der Waals surface area contributed by atoms with Crippen LogP contribution in [0.25, 0.3) is 0 Å². The van der Waals surface area contributed by atoms with Crippen molar-refractivity contribution in [3.05, 3.63) is 53.1 Å². The third-order valence-corrected chi connectivity index (χ3v) is 5.41. The monoisotopic (exact) mass is 368 g/mol. The van der Waals surface area contributed by atoms with Crippen molar-refractivity contribution < 1.29 is 4.79 Å². The minimum absolute atomic E-state index is 0.0534. The fraction of sp³-hybridized carbons (Fsp3) is 0.545. The van der Waals surface area contributed by atoms with Crippen LogP contribution < -0.4 is 5.32 Å². The second kappa shape index (κ2) is 8.70. The molecule has 0 spiro atoms. The lowest BCUT2D eigenvalue weighted by atomic mass is 10.0. The van der Waals surface area contributed by atoms with Gasteiger partial charge in [-0.25, -0.2) is 0 Å². The number of nitrogens with one attached hydrogen (secondary N) is 1. The van der Waals surface area contributed by atoms with Crippen molar-refractivity contribution in [3.8, 4) is 0 Å². The van der Waals surface area contributed by atoms with E-state index in [1.165, 1.54) is 0 Å². The highest BCUT2D eigenvalue weighted by Crippen LogP contribution is 2.18. The lowest BCUT2D eigenvalue weighted by molar-refractivity contribution is 0.0906. The number of carbonyl (C=O) groups is 1. The Hall–Kier alpha value is -2.14. The fourth-order valence-corrected chi connectivity index (χ4v) is 3.97. The molecule has 0 atom stereocenters. The molecule has 0 aliphatic carbocycles. The normalized spacial score (nSPS) is 16.0. The number of amides is 1. The summed E-state index contributed by atoms with van der Waals surface area (Å²) in [7, 11) is 0. The summed E-state index contributed by atoms with van der Waals surface area (Å²) < 4.78 is 2.17. The van der Waals surface area contributed by atoms with E-state index in [0.717, 1.165) is 55.1 Å². The van der Waals surface area contributed by atoms with Gasteiger partial charge in [0.2, 0.25) is 0 Å². The summed E-state index contributed by atoms with van der Waals surface area (Å²) >= 11 is 0. The van der Waals surface area contributed by atoms with Gasteiger partial charge in [-0.1, -0.05) is 19.9 Å². The largest absolute Gasteiger partial charge is 0.349 e. The van der Waals surface area contributed by atoms with Crippen LogP contribution in [0.2, 0.25) is 0 Å². The Morgan fingerprint density at radius 2 is 2.00 bits per heavy atom. The van der Waals surface area contributed by atoms with E-state index in [2.05, 4.69) is 40.5 Å². The number of aromatic nitrogens is 2. The Balaban J connectivity index is 1.62. The van der Waals surface area contributed by atoms with Crippen molar-refractivity contribution in [1.82, 2.24) is 19.8 Å². The van der Waals surface area contributed by atoms with Gasteiger partial charge < -0.3 is 14.8 Å². The average Bonchev–Trinajstić information content (AvgIpc) is 2.92. The SMILES string of the molecule is Cc1cc(C(=O)NC2CCN(CC(C)C)CC2)c(C)n1Cc1ccccn1. The van der Waals surface area contributed by atoms with E-state index in [4.69, 9.17) is 0 Å². The predicted octanol–water partition coefficient (Wildman–Crippen LogP) is 3.40. The number of piperidine rings is 1. The third-order valence-electron chi connectivity index (χ3n) is 5.41. The number of carbonyl (C=O) groups excluding carboxylic acids is 1. The molecule has 0 radical (unpaired) electrons. The van der Waals surface area contributed by atoms with Crippen molar-refractivity contribution in [2.75, 3.05) is 19.6 Å². The van der Waals surface area contributed by atoms with Gasteiger partial charge in [0, 0.05) is 43.3 Å². The highest BCUT2D eigenvalue weighted by atomic mass is 16.1. The summed E-state index contributed by atoms with van der Waals surface area (Å²) in [5.74, 6) is 0.748. The summed E-state index contributed by atoms with van der Waals surface area (Å²) in [6.07, 6.45) is 3.87. The molecule has 0 saturated carbocycles. The first-order valence-corrected chi connectivity index (χ1v) is 10.0. The van der Waals surface area contributed by atoms with Gasteiger partial charge in [0.15, 0.2) is 0 Å². The number of nitrogens with zero attached hydrogens (tertiary/aromatic N) is 3. The molecule has 1 fully saturated rings. The number of pyridine rings is 1. The van der Waals surface area contributed by atoms with Crippen molar-refractivity contribution in [2.24, 2.45) is 5.92 Å². The second-order valence-electron chi connectivity index (χ2n) is 8.13. The summed E-state index contributed by atoms with van der Waals surface area (Å²) in [5, 5.41) is 3.26. The van der Waals surface area contributed by atoms with Crippen LogP contribution in [-0.2, 0) is 6.54 Å². The van der Waals surface area contributed by atoms with Gasteiger partial charge >= 0.3 is 0 Å². The van der Waals surface area contributed by atoms with Crippen LogP contribution in [0, 0.1) is 19.8 Å². The Kier molecular flexibility index (Phi) is 6.32. The third kappa shape index (κ3) is 4.98. The molecule has 1 amide bonds. The van der Waals surface area contributed by atoms with Crippen LogP contribution in [-0.4, -0.2) is 46.0 Å². The molecule has 2 aromatic rings. The highest BCUT2D eigenvalue weighted by molar-refractivity contribution is 5.95. The molecule has 3 rings (SSSR count). The molecule has 5 heteroatoms. The number of hydrogen-bond donors (Lipinski definition) is 1. The van der Waals surface area contributed by atoms with Gasteiger partial charge in [-0.05, 0) is 50.8 Å². The molecule has 27 heavy (non-hydrogen) atoms. The molecule has 1 N–H and O–H groups in total. The maximum absolute atomic E-state index is 12.9.